The van der Waals surface area contributed by atoms with Crippen LogP contribution in [0.1, 0.15) is 38.2 Å². The van der Waals surface area contributed by atoms with Crippen LogP contribution in [0, 0.1) is 5.92 Å². The molecule has 0 bridgehead atoms. The predicted octanol–water partition coefficient (Wildman–Crippen LogP) is 3.77. The molecule has 118 valence electrons. The summed E-state index contributed by atoms with van der Waals surface area (Å²) in [6.07, 6.45) is 10.0. The number of hydrogen-bond acceptors (Lipinski definition) is 3. The highest BCUT2D eigenvalue weighted by Crippen LogP contribution is 2.37. The van der Waals surface area contributed by atoms with Gasteiger partial charge in [-0.15, -0.1) is 0 Å². The summed E-state index contributed by atoms with van der Waals surface area (Å²) >= 11 is 0. The minimum Gasteiger partial charge on any atom is -0.494 e. The summed E-state index contributed by atoms with van der Waals surface area (Å²) in [5.41, 5.74) is 2.67. The number of likely N-dealkylation sites (tertiary alicyclic amines) is 1. The molecule has 1 aromatic carbocycles. The molecule has 1 aliphatic carbocycles. The van der Waals surface area contributed by atoms with Crippen LogP contribution in [0.15, 0.2) is 24.3 Å². The van der Waals surface area contributed by atoms with Gasteiger partial charge in [0, 0.05) is 30.9 Å². The van der Waals surface area contributed by atoms with Crippen LogP contribution in [0.2, 0.25) is 0 Å². The fourth-order valence-electron chi connectivity index (χ4n) is 3.70. The number of ether oxygens (including phenoxy) is 1. The van der Waals surface area contributed by atoms with Gasteiger partial charge in [-0.2, -0.15) is 0 Å². The molecule has 0 atom stereocenters. The molecule has 3 nitrogen and oxygen atoms in total. The monoisotopic (exact) mass is 298 g/mol. The van der Waals surface area contributed by atoms with Crippen molar-refractivity contribution in [2.75, 3.05) is 31.6 Å². The van der Waals surface area contributed by atoms with E-state index < -0.39 is 0 Å². The average Bonchev–Trinajstić information content (AvgIpc) is 3.35. The molecule has 2 aliphatic heterocycles. The summed E-state index contributed by atoms with van der Waals surface area (Å²) in [6.45, 7) is 6.52. The second-order valence-electron chi connectivity index (χ2n) is 7.04. The standard InChI is InChI=1S/C19H26N2O/c1-2-22-17-5-6-18-16(13-17)7-8-19(20-18)9-11-21(12-10-19)14-15-3-4-15/h5-8,13,15,20H,2-4,9-12,14H2,1H3. The summed E-state index contributed by atoms with van der Waals surface area (Å²) in [5, 5.41) is 3.80. The molecule has 0 unspecified atom stereocenters. The van der Waals surface area contributed by atoms with E-state index in [0.717, 1.165) is 18.3 Å². The first-order valence-electron chi connectivity index (χ1n) is 8.73. The molecule has 2 heterocycles. The maximum atomic E-state index is 5.60. The van der Waals surface area contributed by atoms with E-state index in [1.807, 2.05) is 6.92 Å². The lowest BCUT2D eigenvalue weighted by atomic mass is 9.83. The Bertz CT molecular complexity index is 569. The van der Waals surface area contributed by atoms with E-state index in [-0.39, 0.29) is 5.54 Å². The zero-order valence-electron chi connectivity index (χ0n) is 13.5. The van der Waals surface area contributed by atoms with Crippen molar-refractivity contribution in [2.24, 2.45) is 5.92 Å². The number of anilines is 1. The molecule has 4 rings (SSSR count). The Kier molecular flexibility index (Phi) is 3.61. The molecule has 1 spiro atoms. The SMILES string of the molecule is CCOc1ccc2c(c1)C=CC1(CCN(CC3CC3)CC1)N2. The zero-order chi connectivity index (χ0) is 15.0. The van der Waals surface area contributed by atoms with E-state index in [2.05, 4.69) is 40.6 Å². The average molecular weight is 298 g/mol. The lowest BCUT2D eigenvalue weighted by Crippen LogP contribution is -2.49. The van der Waals surface area contributed by atoms with Crippen LogP contribution < -0.4 is 10.1 Å². The van der Waals surface area contributed by atoms with Crippen molar-refractivity contribution in [1.29, 1.82) is 0 Å². The molecular formula is C19H26N2O. The van der Waals surface area contributed by atoms with Crippen molar-refractivity contribution < 1.29 is 4.74 Å². The number of hydrogen-bond donors (Lipinski definition) is 1. The zero-order valence-corrected chi connectivity index (χ0v) is 13.5. The van der Waals surface area contributed by atoms with Gasteiger partial charge in [0.1, 0.15) is 5.75 Å². The van der Waals surface area contributed by atoms with E-state index in [1.54, 1.807) is 0 Å². The van der Waals surface area contributed by atoms with Gasteiger partial charge < -0.3 is 15.0 Å². The lowest BCUT2D eigenvalue weighted by Gasteiger charge is -2.43. The predicted molar refractivity (Wildman–Crippen MR) is 91.4 cm³/mol. The molecule has 22 heavy (non-hydrogen) atoms. The fraction of sp³-hybridized carbons (Fsp3) is 0.579. The largest absolute Gasteiger partial charge is 0.494 e. The Labute approximate surface area is 133 Å². The van der Waals surface area contributed by atoms with Gasteiger partial charge in [0.15, 0.2) is 0 Å². The second-order valence-corrected chi connectivity index (χ2v) is 7.04. The normalized spacial score (nSPS) is 23.1. The Morgan fingerprint density at radius 2 is 2.09 bits per heavy atom. The van der Waals surface area contributed by atoms with Gasteiger partial charge in [-0.3, -0.25) is 0 Å². The van der Waals surface area contributed by atoms with Crippen molar-refractivity contribution in [1.82, 2.24) is 4.90 Å². The molecule has 3 aliphatic rings. The van der Waals surface area contributed by atoms with Crippen LogP contribution in [0.5, 0.6) is 5.75 Å². The van der Waals surface area contributed by atoms with Gasteiger partial charge in [-0.25, -0.2) is 0 Å². The minimum absolute atomic E-state index is 0.167. The highest BCUT2D eigenvalue weighted by atomic mass is 16.5. The highest BCUT2D eigenvalue weighted by Gasteiger charge is 2.35. The van der Waals surface area contributed by atoms with Crippen molar-refractivity contribution in [3.05, 3.63) is 29.8 Å². The molecule has 1 aromatic rings. The Hall–Kier alpha value is -1.48. The number of nitrogens with one attached hydrogen (secondary N) is 1. The van der Waals surface area contributed by atoms with Crippen molar-refractivity contribution >= 4 is 11.8 Å². The maximum Gasteiger partial charge on any atom is 0.120 e. The van der Waals surface area contributed by atoms with Crippen molar-refractivity contribution in [2.45, 2.75) is 38.1 Å². The molecular weight excluding hydrogens is 272 g/mol. The third kappa shape index (κ3) is 2.87. The van der Waals surface area contributed by atoms with Crippen LogP contribution in [0.3, 0.4) is 0 Å². The Morgan fingerprint density at radius 1 is 1.27 bits per heavy atom. The summed E-state index contributed by atoms with van der Waals surface area (Å²) < 4.78 is 5.60. The number of fused-ring (bicyclic) bond motifs is 1. The lowest BCUT2D eigenvalue weighted by molar-refractivity contribution is 0.187. The summed E-state index contributed by atoms with van der Waals surface area (Å²) in [7, 11) is 0. The first kappa shape index (κ1) is 14.1. The van der Waals surface area contributed by atoms with Gasteiger partial charge >= 0.3 is 0 Å². The van der Waals surface area contributed by atoms with E-state index in [1.165, 1.54) is 56.6 Å². The van der Waals surface area contributed by atoms with E-state index in [4.69, 9.17) is 4.74 Å². The summed E-state index contributed by atoms with van der Waals surface area (Å²) in [6, 6.07) is 6.38. The number of benzene rings is 1. The summed E-state index contributed by atoms with van der Waals surface area (Å²) in [4.78, 5) is 2.66. The van der Waals surface area contributed by atoms with Gasteiger partial charge in [-0.1, -0.05) is 12.2 Å². The molecule has 2 fully saturated rings. The number of piperidine rings is 1. The van der Waals surface area contributed by atoms with Crippen LogP contribution >= 0.6 is 0 Å². The van der Waals surface area contributed by atoms with Gasteiger partial charge in [0.25, 0.3) is 0 Å². The molecule has 0 radical (unpaired) electrons. The highest BCUT2D eigenvalue weighted by molar-refractivity contribution is 5.73. The summed E-state index contributed by atoms with van der Waals surface area (Å²) in [5.74, 6) is 1.96. The molecule has 0 amide bonds. The maximum absolute atomic E-state index is 5.60. The molecule has 1 N–H and O–H groups in total. The smallest absolute Gasteiger partial charge is 0.120 e. The third-order valence-electron chi connectivity index (χ3n) is 5.26. The van der Waals surface area contributed by atoms with Crippen molar-refractivity contribution in [3.8, 4) is 5.75 Å². The Morgan fingerprint density at radius 3 is 2.82 bits per heavy atom. The first-order chi connectivity index (χ1) is 10.8. The van der Waals surface area contributed by atoms with Crippen LogP contribution in [-0.2, 0) is 0 Å². The van der Waals surface area contributed by atoms with Gasteiger partial charge in [-0.05, 0) is 56.7 Å². The second kappa shape index (κ2) is 5.62. The van der Waals surface area contributed by atoms with Crippen LogP contribution in [-0.4, -0.2) is 36.7 Å². The van der Waals surface area contributed by atoms with Crippen molar-refractivity contribution in [3.63, 3.8) is 0 Å². The number of nitrogens with zero attached hydrogens (tertiary/aromatic N) is 1. The Balaban J connectivity index is 1.44. The van der Waals surface area contributed by atoms with Crippen LogP contribution in [0.4, 0.5) is 5.69 Å². The topological polar surface area (TPSA) is 24.5 Å². The molecule has 0 aromatic heterocycles. The van der Waals surface area contributed by atoms with Crippen LogP contribution in [0.25, 0.3) is 6.08 Å². The van der Waals surface area contributed by atoms with E-state index >= 15 is 0 Å². The molecule has 1 saturated carbocycles. The van der Waals surface area contributed by atoms with Gasteiger partial charge in [0.05, 0.1) is 12.1 Å². The molecule has 3 heteroatoms. The minimum atomic E-state index is 0.167. The number of rotatable bonds is 4. The fourth-order valence-corrected chi connectivity index (χ4v) is 3.70. The quantitative estimate of drug-likeness (QED) is 0.916. The van der Waals surface area contributed by atoms with Gasteiger partial charge in [0.2, 0.25) is 0 Å². The van der Waals surface area contributed by atoms with E-state index in [0.29, 0.717) is 0 Å². The first-order valence-corrected chi connectivity index (χ1v) is 8.73. The molecule has 1 saturated heterocycles. The van der Waals surface area contributed by atoms with E-state index in [9.17, 15) is 0 Å². The third-order valence-corrected chi connectivity index (χ3v) is 5.26.